The minimum atomic E-state index is -0.508. The molecule has 186 valence electrons. The van der Waals surface area contributed by atoms with Gasteiger partial charge in [0.1, 0.15) is 5.75 Å². The van der Waals surface area contributed by atoms with Crippen LogP contribution in [0.2, 0.25) is 0 Å². The van der Waals surface area contributed by atoms with E-state index >= 15 is 0 Å². The Morgan fingerprint density at radius 3 is 2.44 bits per heavy atom. The van der Waals surface area contributed by atoms with E-state index in [-0.39, 0.29) is 17.5 Å². The molecule has 0 amide bonds. The SMILES string of the molecule is COc1cccc(C2Nc3ccccc3NC3=C2C(=O)CC(c2ccc(OCC(C)C)cc2)C3)c1O. The zero-order chi connectivity index (χ0) is 25.2. The first kappa shape index (κ1) is 23.8. The lowest BCUT2D eigenvalue weighted by molar-refractivity contribution is -0.116. The first-order valence-electron chi connectivity index (χ1n) is 12.4. The average molecular weight is 485 g/mol. The first-order chi connectivity index (χ1) is 17.4. The lowest BCUT2D eigenvalue weighted by atomic mass is 9.78. The van der Waals surface area contributed by atoms with Crippen molar-refractivity contribution in [1.29, 1.82) is 0 Å². The van der Waals surface area contributed by atoms with Crippen molar-refractivity contribution in [2.45, 2.75) is 38.6 Å². The number of para-hydroxylation sites is 3. The van der Waals surface area contributed by atoms with Crippen LogP contribution in [0.25, 0.3) is 0 Å². The van der Waals surface area contributed by atoms with Crippen molar-refractivity contribution in [3.8, 4) is 17.2 Å². The fourth-order valence-electron chi connectivity index (χ4n) is 5.00. The molecular formula is C30H32N2O4. The van der Waals surface area contributed by atoms with E-state index in [1.807, 2.05) is 48.5 Å². The number of allylic oxidation sites excluding steroid dienone is 1. The van der Waals surface area contributed by atoms with E-state index in [1.165, 1.54) is 7.11 Å². The summed E-state index contributed by atoms with van der Waals surface area (Å²) in [4.78, 5) is 13.7. The second-order valence-electron chi connectivity index (χ2n) is 9.84. The summed E-state index contributed by atoms with van der Waals surface area (Å²) < 4.78 is 11.2. The predicted molar refractivity (Wildman–Crippen MR) is 142 cm³/mol. The Hall–Kier alpha value is -3.93. The molecule has 0 aromatic heterocycles. The molecule has 6 heteroatoms. The number of carbonyl (C=O) groups excluding carboxylic acids is 1. The molecule has 0 fully saturated rings. The molecule has 3 aromatic rings. The third-order valence-electron chi connectivity index (χ3n) is 6.80. The molecule has 2 atom stereocenters. The van der Waals surface area contributed by atoms with Crippen molar-refractivity contribution in [2.75, 3.05) is 24.4 Å². The molecule has 2 aliphatic rings. The first-order valence-corrected chi connectivity index (χ1v) is 12.4. The third-order valence-corrected chi connectivity index (χ3v) is 6.80. The molecule has 0 saturated carbocycles. The van der Waals surface area contributed by atoms with Gasteiger partial charge >= 0.3 is 0 Å². The number of hydrogen-bond acceptors (Lipinski definition) is 6. The molecule has 1 aliphatic carbocycles. The second kappa shape index (κ2) is 9.97. The van der Waals surface area contributed by atoms with Crippen molar-refractivity contribution in [1.82, 2.24) is 0 Å². The van der Waals surface area contributed by atoms with Gasteiger partial charge in [-0.3, -0.25) is 4.79 Å². The number of hydrogen-bond donors (Lipinski definition) is 3. The Labute approximate surface area is 212 Å². The van der Waals surface area contributed by atoms with Crippen LogP contribution < -0.4 is 20.1 Å². The average Bonchev–Trinajstić information content (AvgIpc) is 3.05. The zero-order valence-corrected chi connectivity index (χ0v) is 20.9. The van der Waals surface area contributed by atoms with Gasteiger partial charge in [-0.15, -0.1) is 0 Å². The van der Waals surface area contributed by atoms with Crippen molar-refractivity contribution >= 4 is 17.2 Å². The molecule has 0 saturated heterocycles. The lowest BCUT2D eigenvalue weighted by Gasteiger charge is -2.30. The third kappa shape index (κ3) is 4.63. The van der Waals surface area contributed by atoms with E-state index in [9.17, 15) is 9.90 Å². The van der Waals surface area contributed by atoms with Gasteiger partial charge in [-0.25, -0.2) is 0 Å². The molecule has 2 unspecified atom stereocenters. The molecule has 3 N–H and O–H groups in total. The van der Waals surface area contributed by atoms with Gasteiger partial charge < -0.3 is 25.2 Å². The van der Waals surface area contributed by atoms with Crippen molar-refractivity contribution < 1.29 is 19.4 Å². The maximum atomic E-state index is 13.7. The zero-order valence-electron chi connectivity index (χ0n) is 20.9. The van der Waals surface area contributed by atoms with Crippen LogP contribution in [-0.2, 0) is 4.79 Å². The molecule has 0 radical (unpaired) electrons. The summed E-state index contributed by atoms with van der Waals surface area (Å²) >= 11 is 0. The number of rotatable bonds is 6. The normalized spacial score (nSPS) is 19.1. The highest BCUT2D eigenvalue weighted by Gasteiger charge is 2.37. The maximum Gasteiger partial charge on any atom is 0.163 e. The maximum absolute atomic E-state index is 13.7. The number of carbonyl (C=O) groups is 1. The van der Waals surface area contributed by atoms with Gasteiger partial charge in [0.25, 0.3) is 0 Å². The van der Waals surface area contributed by atoms with Gasteiger partial charge in [0.2, 0.25) is 0 Å². The number of methoxy groups -OCH3 is 1. The van der Waals surface area contributed by atoms with Crippen molar-refractivity contribution in [3.05, 3.63) is 89.1 Å². The number of nitrogens with one attached hydrogen (secondary N) is 2. The van der Waals surface area contributed by atoms with Gasteiger partial charge in [0.05, 0.1) is 31.1 Å². The highest BCUT2D eigenvalue weighted by atomic mass is 16.5. The number of ketones is 1. The molecule has 6 nitrogen and oxygen atoms in total. The number of phenols is 1. The van der Waals surface area contributed by atoms with E-state index in [2.05, 4.69) is 36.6 Å². The standard InChI is InChI=1S/C30H32N2O4/c1-18(2)17-36-21-13-11-19(12-14-21)20-15-25-28(26(33)16-20)29(22-7-6-10-27(35-3)30(22)34)32-24-9-5-4-8-23(24)31-25/h4-14,18,20,29,31-32,34H,15-17H2,1-3H3. The molecule has 5 rings (SSSR count). The van der Waals surface area contributed by atoms with E-state index < -0.39 is 6.04 Å². The van der Waals surface area contributed by atoms with Crippen LogP contribution in [0.3, 0.4) is 0 Å². The summed E-state index contributed by atoms with van der Waals surface area (Å²) in [5.74, 6) is 1.82. The summed E-state index contributed by atoms with van der Waals surface area (Å²) in [6.45, 7) is 4.92. The number of ether oxygens (including phenoxy) is 2. The van der Waals surface area contributed by atoms with E-state index in [0.717, 1.165) is 28.4 Å². The van der Waals surface area contributed by atoms with Gasteiger partial charge in [-0.1, -0.05) is 50.2 Å². The smallest absolute Gasteiger partial charge is 0.163 e. The highest BCUT2D eigenvalue weighted by molar-refractivity contribution is 6.01. The number of benzene rings is 3. The topological polar surface area (TPSA) is 79.8 Å². The Bertz CT molecular complexity index is 1300. The van der Waals surface area contributed by atoms with E-state index in [1.54, 1.807) is 6.07 Å². The largest absolute Gasteiger partial charge is 0.504 e. The summed E-state index contributed by atoms with van der Waals surface area (Å²) in [5, 5.41) is 18.0. The van der Waals surface area contributed by atoms with E-state index in [0.29, 0.717) is 42.3 Å². The van der Waals surface area contributed by atoms with Crippen LogP contribution in [0, 0.1) is 5.92 Å². The molecule has 1 aliphatic heterocycles. The monoisotopic (exact) mass is 484 g/mol. The molecule has 0 bridgehead atoms. The van der Waals surface area contributed by atoms with E-state index in [4.69, 9.17) is 9.47 Å². The Morgan fingerprint density at radius 2 is 1.72 bits per heavy atom. The predicted octanol–water partition coefficient (Wildman–Crippen LogP) is 6.42. The van der Waals surface area contributed by atoms with Crippen LogP contribution in [0.1, 0.15) is 49.8 Å². The van der Waals surface area contributed by atoms with Gasteiger partial charge in [0, 0.05) is 23.3 Å². The quantitative estimate of drug-likeness (QED) is 0.375. The fraction of sp³-hybridized carbons (Fsp3) is 0.300. The van der Waals surface area contributed by atoms with Crippen LogP contribution in [0.4, 0.5) is 11.4 Å². The number of Topliss-reactive ketones (excluding diaryl/α,β-unsaturated/α-hetero) is 1. The van der Waals surface area contributed by atoms with Crippen molar-refractivity contribution in [2.24, 2.45) is 5.92 Å². The number of anilines is 2. The van der Waals surface area contributed by atoms with Gasteiger partial charge in [0.15, 0.2) is 17.3 Å². The van der Waals surface area contributed by atoms with Crippen LogP contribution in [0.15, 0.2) is 78.0 Å². The fourth-order valence-corrected chi connectivity index (χ4v) is 5.00. The molecule has 0 spiro atoms. The molecule has 1 heterocycles. The minimum Gasteiger partial charge on any atom is -0.504 e. The number of phenolic OH excluding ortho intramolecular Hbond substituents is 1. The molecular weight excluding hydrogens is 452 g/mol. The van der Waals surface area contributed by atoms with Crippen molar-refractivity contribution in [3.63, 3.8) is 0 Å². The number of aromatic hydroxyl groups is 1. The lowest BCUT2D eigenvalue weighted by Crippen LogP contribution is -2.27. The van der Waals surface area contributed by atoms with Gasteiger partial charge in [-0.05, 0) is 54.2 Å². The summed E-state index contributed by atoms with van der Waals surface area (Å²) in [6.07, 6.45) is 1.08. The summed E-state index contributed by atoms with van der Waals surface area (Å²) in [7, 11) is 1.52. The molecule has 3 aromatic carbocycles. The Balaban J connectivity index is 1.51. The molecule has 36 heavy (non-hydrogen) atoms. The Kier molecular flexibility index (Phi) is 6.59. The number of fused-ring (bicyclic) bond motifs is 1. The minimum absolute atomic E-state index is 0.0376. The second-order valence-corrected chi connectivity index (χ2v) is 9.84. The Morgan fingerprint density at radius 1 is 0.972 bits per heavy atom. The summed E-state index contributed by atoms with van der Waals surface area (Å²) in [6, 6.07) is 20.9. The van der Waals surface area contributed by atoms with Crippen LogP contribution >= 0.6 is 0 Å². The van der Waals surface area contributed by atoms with Gasteiger partial charge in [-0.2, -0.15) is 0 Å². The highest BCUT2D eigenvalue weighted by Crippen LogP contribution is 2.47. The van der Waals surface area contributed by atoms with Crippen LogP contribution in [-0.4, -0.2) is 24.6 Å². The van der Waals surface area contributed by atoms with Crippen LogP contribution in [0.5, 0.6) is 17.2 Å². The summed E-state index contributed by atoms with van der Waals surface area (Å²) in [5.41, 5.74) is 5.03.